The van der Waals surface area contributed by atoms with Crippen LogP contribution in [0.15, 0.2) is 41.4 Å². The average Bonchev–Trinajstić information content (AvgIpc) is 3.16. The van der Waals surface area contributed by atoms with Crippen LogP contribution in [0.4, 0.5) is 27.6 Å². The first-order valence-electron chi connectivity index (χ1n) is 12.0. The number of carbonyl (C=O) groups excluding carboxylic acids is 1. The standard InChI is InChI=1S/C25H27F5N4O4S/c1-15-11-18(31-3)12-16(2)20(15)14-24(26,27)39(36,37)34-9-7-23(8-10-34)22(35)32-21(33-23)17-5-4-6-19(13-17)38-25(28,29)30/h4-6,11-13,31H,7-10,14H2,1-3H3,(H,32,33,35). The summed E-state index contributed by atoms with van der Waals surface area (Å²) in [4.78, 5) is 17.2. The molecule has 0 aromatic heterocycles. The molecule has 8 nitrogen and oxygen atoms in total. The average molecular weight is 575 g/mol. The third-order valence-corrected chi connectivity index (χ3v) is 8.90. The van der Waals surface area contributed by atoms with Crippen molar-refractivity contribution in [3.63, 3.8) is 0 Å². The molecule has 2 aromatic rings. The number of rotatable bonds is 7. The summed E-state index contributed by atoms with van der Waals surface area (Å²) in [6, 6.07) is 8.19. The van der Waals surface area contributed by atoms with Crippen molar-refractivity contribution in [2.75, 3.05) is 25.5 Å². The molecule has 2 aliphatic rings. The topological polar surface area (TPSA) is 100 Å². The molecule has 1 spiro atoms. The lowest BCUT2D eigenvalue weighted by molar-refractivity contribution is -0.274. The molecule has 39 heavy (non-hydrogen) atoms. The molecular weight excluding hydrogens is 547 g/mol. The lowest BCUT2D eigenvalue weighted by Crippen LogP contribution is -2.53. The maximum atomic E-state index is 15.3. The Morgan fingerprint density at radius 1 is 1.08 bits per heavy atom. The predicted octanol–water partition coefficient (Wildman–Crippen LogP) is 4.12. The van der Waals surface area contributed by atoms with Crippen LogP contribution in [-0.4, -0.2) is 61.8 Å². The molecule has 0 radical (unpaired) electrons. The molecule has 1 saturated heterocycles. The molecule has 14 heteroatoms. The fraction of sp³-hybridized carbons (Fsp3) is 0.440. The van der Waals surface area contributed by atoms with Crippen LogP contribution in [0.3, 0.4) is 0 Å². The van der Waals surface area contributed by atoms with Gasteiger partial charge in [-0.2, -0.15) is 13.1 Å². The van der Waals surface area contributed by atoms with E-state index in [-0.39, 0.29) is 42.9 Å². The van der Waals surface area contributed by atoms with Crippen molar-refractivity contribution < 1.29 is 39.9 Å². The zero-order valence-corrected chi connectivity index (χ0v) is 22.1. The Hall–Kier alpha value is -3.26. The monoisotopic (exact) mass is 574 g/mol. The fourth-order valence-electron chi connectivity index (χ4n) is 4.83. The van der Waals surface area contributed by atoms with Crippen LogP contribution in [0.2, 0.25) is 0 Å². The van der Waals surface area contributed by atoms with Crippen LogP contribution in [-0.2, 0) is 21.2 Å². The molecule has 2 heterocycles. The summed E-state index contributed by atoms with van der Waals surface area (Å²) in [6.07, 6.45) is -6.26. The first-order valence-corrected chi connectivity index (χ1v) is 13.4. The number of amides is 1. The Balaban J connectivity index is 1.50. The highest BCUT2D eigenvalue weighted by atomic mass is 32.2. The van der Waals surface area contributed by atoms with Gasteiger partial charge in [0.25, 0.3) is 15.9 Å². The van der Waals surface area contributed by atoms with Gasteiger partial charge in [0.15, 0.2) is 0 Å². The van der Waals surface area contributed by atoms with Gasteiger partial charge in [0.05, 0.1) is 6.42 Å². The van der Waals surface area contributed by atoms with Gasteiger partial charge in [0.1, 0.15) is 17.1 Å². The number of aliphatic imine (C=N–C) groups is 1. The zero-order chi connectivity index (χ0) is 28.8. The molecule has 4 rings (SSSR count). The van der Waals surface area contributed by atoms with E-state index < -0.39 is 45.3 Å². The van der Waals surface area contributed by atoms with Gasteiger partial charge in [-0.05, 0) is 67.6 Å². The number of amidine groups is 1. The van der Waals surface area contributed by atoms with E-state index >= 15 is 8.78 Å². The van der Waals surface area contributed by atoms with Gasteiger partial charge in [0, 0.05) is 31.4 Å². The van der Waals surface area contributed by atoms with Crippen molar-refractivity contribution in [2.24, 2.45) is 4.99 Å². The number of aryl methyl sites for hydroxylation is 2. The quantitative estimate of drug-likeness (QED) is 0.485. The maximum absolute atomic E-state index is 15.3. The molecule has 2 aliphatic heterocycles. The summed E-state index contributed by atoms with van der Waals surface area (Å²) in [5.74, 6) is -1.10. The summed E-state index contributed by atoms with van der Waals surface area (Å²) >= 11 is 0. The normalized spacial score (nSPS) is 18.2. The third kappa shape index (κ3) is 5.71. The number of alkyl halides is 5. The lowest BCUT2D eigenvalue weighted by atomic mass is 9.89. The van der Waals surface area contributed by atoms with Gasteiger partial charge in [0.2, 0.25) is 0 Å². The number of anilines is 1. The number of benzene rings is 2. The van der Waals surface area contributed by atoms with Gasteiger partial charge in [-0.25, -0.2) is 8.42 Å². The van der Waals surface area contributed by atoms with Gasteiger partial charge >= 0.3 is 11.6 Å². The first kappa shape index (κ1) is 28.7. The van der Waals surface area contributed by atoms with Crippen LogP contribution < -0.4 is 15.4 Å². The lowest BCUT2D eigenvalue weighted by Gasteiger charge is -2.36. The predicted molar refractivity (Wildman–Crippen MR) is 134 cm³/mol. The van der Waals surface area contributed by atoms with Crippen LogP contribution in [0.1, 0.15) is 35.1 Å². The number of ether oxygens (including phenoxy) is 1. The van der Waals surface area contributed by atoms with Gasteiger partial charge in [-0.3, -0.25) is 9.79 Å². The molecule has 0 atom stereocenters. The van der Waals surface area contributed by atoms with E-state index in [1.165, 1.54) is 12.1 Å². The van der Waals surface area contributed by atoms with Crippen LogP contribution in [0.25, 0.3) is 0 Å². The van der Waals surface area contributed by atoms with Crippen molar-refractivity contribution in [3.8, 4) is 5.75 Å². The van der Waals surface area contributed by atoms with E-state index in [9.17, 15) is 26.4 Å². The second-order valence-corrected chi connectivity index (χ2v) is 11.6. The minimum atomic E-state index is -5.08. The molecule has 2 aromatic carbocycles. The first-order chi connectivity index (χ1) is 18.1. The Bertz CT molecular complexity index is 1390. The molecule has 0 unspecified atom stereocenters. The Morgan fingerprint density at radius 2 is 1.69 bits per heavy atom. The second kappa shape index (κ2) is 10.0. The van der Waals surface area contributed by atoms with Crippen LogP contribution in [0.5, 0.6) is 5.75 Å². The number of piperidine rings is 1. The summed E-state index contributed by atoms with van der Waals surface area (Å²) in [5, 5.41) is 1.34. The van der Waals surface area contributed by atoms with Crippen molar-refractivity contribution in [1.82, 2.24) is 9.62 Å². The van der Waals surface area contributed by atoms with Crippen molar-refractivity contribution in [3.05, 3.63) is 58.7 Å². The Kier molecular flexibility index (Phi) is 7.40. The summed E-state index contributed by atoms with van der Waals surface area (Å²) in [7, 11) is -3.39. The molecule has 212 valence electrons. The summed E-state index contributed by atoms with van der Waals surface area (Å²) < 4.78 is 98.8. The number of nitrogens with zero attached hydrogens (tertiary/aromatic N) is 2. The molecule has 1 amide bonds. The molecule has 0 saturated carbocycles. The van der Waals surface area contributed by atoms with Gasteiger partial charge in [-0.15, -0.1) is 13.2 Å². The summed E-state index contributed by atoms with van der Waals surface area (Å²) in [6.45, 7) is 2.51. The minimum absolute atomic E-state index is 0.00905. The Morgan fingerprint density at radius 3 is 2.26 bits per heavy atom. The molecular formula is C25H27F5N4O4S. The smallest absolute Gasteiger partial charge is 0.406 e. The molecule has 2 N–H and O–H groups in total. The number of carbonyl (C=O) groups is 1. The van der Waals surface area contributed by atoms with E-state index in [2.05, 4.69) is 20.4 Å². The molecule has 0 bridgehead atoms. The number of hydrogen-bond donors (Lipinski definition) is 2. The van der Waals surface area contributed by atoms with E-state index in [4.69, 9.17) is 0 Å². The highest BCUT2D eigenvalue weighted by Gasteiger charge is 2.53. The van der Waals surface area contributed by atoms with Crippen LogP contribution >= 0.6 is 0 Å². The largest absolute Gasteiger partial charge is 0.573 e. The van der Waals surface area contributed by atoms with E-state index in [0.717, 1.165) is 17.8 Å². The number of halogens is 5. The van der Waals surface area contributed by atoms with Crippen molar-refractivity contribution in [2.45, 2.75) is 50.3 Å². The fourth-order valence-corrected chi connectivity index (χ4v) is 6.20. The SMILES string of the molecule is CNc1cc(C)c(CC(F)(F)S(=O)(=O)N2CCC3(CC2)N=C(c2cccc(OC(F)(F)F)c2)NC3=O)c(C)c1. The highest BCUT2D eigenvalue weighted by Crippen LogP contribution is 2.38. The maximum Gasteiger partial charge on any atom is 0.573 e. The minimum Gasteiger partial charge on any atom is -0.406 e. The second-order valence-electron chi connectivity index (χ2n) is 9.58. The third-order valence-electron chi connectivity index (χ3n) is 6.96. The molecule has 0 aliphatic carbocycles. The highest BCUT2D eigenvalue weighted by molar-refractivity contribution is 7.90. The van der Waals surface area contributed by atoms with Crippen molar-refractivity contribution >= 4 is 27.5 Å². The molecule has 1 fully saturated rings. The van der Waals surface area contributed by atoms with Gasteiger partial charge < -0.3 is 15.4 Å². The van der Waals surface area contributed by atoms with Crippen LogP contribution in [0, 0.1) is 13.8 Å². The number of nitrogens with one attached hydrogen (secondary N) is 2. The number of hydrogen-bond acceptors (Lipinski definition) is 6. The van der Waals surface area contributed by atoms with E-state index in [1.807, 2.05) is 0 Å². The van der Waals surface area contributed by atoms with E-state index in [0.29, 0.717) is 15.4 Å². The zero-order valence-electron chi connectivity index (χ0n) is 21.3. The van der Waals surface area contributed by atoms with E-state index in [1.54, 1.807) is 33.0 Å². The van der Waals surface area contributed by atoms with Gasteiger partial charge in [-0.1, -0.05) is 12.1 Å². The number of sulfonamides is 1. The summed E-state index contributed by atoms with van der Waals surface area (Å²) in [5.41, 5.74) is 0.738. The Labute approximate surface area is 222 Å². The van der Waals surface area contributed by atoms with Crippen molar-refractivity contribution in [1.29, 1.82) is 0 Å².